The summed E-state index contributed by atoms with van der Waals surface area (Å²) in [6, 6.07) is 8.25. The Bertz CT molecular complexity index is 627. The van der Waals surface area contributed by atoms with E-state index in [2.05, 4.69) is 23.7 Å². The molecule has 0 atom stereocenters. The largest absolute Gasteiger partial charge is 0.492 e. The molecule has 1 aromatic carbocycles. The highest BCUT2D eigenvalue weighted by Gasteiger charge is 2.52. The van der Waals surface area contributed by atoms with Gasteiger partial charge in [-0.2, -0.15) is 0 Å². The summed E-state index contributed by atoms with van der Waals surface area (Å²) in [5.74, 6) is -0.0738. The van der Waals surface area contributed by atoms with Gasteiger partial charge in [0, 0.05) is 18.4 Å². The smallest absolute Gasteiger partial charge is 0.400 e. The van der Waals surface area contributed by atoms with Gasteiger partial charge in [-0.05, 0) is 57.1 Å². The lowest BCUT2D eigenvalue weighted by molar-refractivity contribution is -0.118. The summed E-state index contributed by atoms with van der Waals surface area (Å²) in [4.78, 5) is 12.5. The zero-order valence-corrected chi connectivity index (χ0v) is 16.1. The number of rotatable bonds is 5. The Morgan fingerprint density at radius 3 is 2.42 bits per heavy atom. The van der Waals surface area contributed by atoms with Crippen LogP contribution in [0.3, 0.4) is 0 Å². The van der Waals surface area contributed by atoms with Crippen molar-refractivity contribution in [1.82, 2.24) is 5.32 Å². The molecule has 0 aliphatic carbocycles. The summed E-state index contributed by atoms with van der Waals surface area (Å²) >= 11 is 1.70. The molecule has 1 N–H and O–H groups in total. The number of hydrogen-bond acceptors (Lipinski definition) is 4. The first-order chi connectivity index (χ1) is 11.1. The van der Waals surface area contributed by atoms with Crippen molar-refractivity contribution in [3.8, 4) is 0 Å². The molecular weight excluding hydrogens is 321 g/mol. The number of benzene rings is 1. The summed E-state index contributed by atoms with van der Waals surface area (Å²) < 4.78 is 12.3. The van der Waals surface area contributed by atoms with Crippen LogP contribution < -0.4 is 5.32 Å². The van der Waals surface area contributed by atoms with Crippen LogP contribution in [0.1, 0.15) is 40.2 Å². The van der Waals surface area contributed by atoms with Crippen LogP contribution in [0.2, 0.25) is 0 Å². The molecule has 2 rings (SSSR count). The minimum absolute atomic E-state index is 0.0738. The fraction of sp³-hybridized carbons (Fsp3) is 0.500. The number of carbonyl (C=O) groups is 1. The molecule has 0 aromatic heterocycles. The van der Waals surface area contributed by atoms with E-state index in [1.54, 1.807) is 11.8 Å². The lowest BCUT2D eigenvalue weighted by atomic mass is 9.77. The van der Waals surface area contributed by atoms with E-state index < -0.39 is 18.3 Å². The monoisotopic (exact) mass is 347 g/mol. The van der Waals surface area contributed by atoms with Crippen LogP contribution in [0.4, 0.5) is 0 Å². The van der Waals surface area contributed by atoms with Crippen molar-refractivity contribution in [2.45, 2.75) is 50.7 Å². The van der Waals surface area contributed by atoms with E-state index >= 15 is 0 Å². The fourth-order valence-electron chi connectivity index (χ4n) is 2.37. The molecule has 130 valence electrons. The van der Waals surface area contributed by atoms with Gasteiger partial charge in [-0.25, -0.2) is 0 Å². The third kappa shape index (κ3) is 4.44. The van der Waals surface area contributed by atoms with Crippen LogP contribution in [-0.4, -0.2) is 37.0 Å². The average molecular weight is 347 g/mol. The zero-order chi connectivity index (χ0) is 18.0. The molecule has 0 radical (unpaired) electrons. The highest BCUT2D eigenvalue weighted by Crippen LogP contribution is 2.38. The van der Waals surface area contributed by atoms with Gasteiger partial charge >= 0.3 is 7.12 Å². The second kappa shape index (κ2) is 7.34. The van der Waals surface area contributed by atoms with Crippen molar-refractivity contribution in [1.29, 1.82) is 0 Å². The number of thioether (sulfide) groups is 1. The molecule has 0 spiro atoms. The van der Waals surface area contributed by atoms with Crippen LogP contribution in [0, 0.1) is 0 Å². The van der Waals surface area contributed by atoms with Crippen molar-refractivity contribution in [2.24, 2.45) is 0 Å². The number of nitrogens with one attached hydrogen (secondary N) is 1. The molecule has 1 heterocycles. The highest BCUT2D eigenvalue weighted by molar-refractivity contribution is 7.98. The minimum Gasteiger partial charge on any atom is -0.400 e. The quantitative estimate of drug-likeness (QED) is 0.654. The highest BCUT2D eigenvalue weighted by atomic mass is 32.2. The molecule has 1 fully saturated rings. The van der Waals surface area contributed by atoms with Crippen LogP contribution >= 0.6 is 11.8 Å². The first-order valence-electron chi connectivity index (χ1n) is 8.09. The van der Waals surface area contributed by atoms with Gasteiger partial charge in [0.15, 0.2) is 0 Å². The van der Waals surface area contributed by atoms with E-state index in [9.17, 15) is 4.79 Å². The van der Waals surface area contributed by atoms with Crippen LogP contribution in [0.25, 0.3) is 6.08 Å². The molecule has 1 amide bonds. The molecule has 0 unspecified atom stereocenters. The Morgan fingerprint density at radius 2 is 1.88 bits per heavy atom. The van der Waals surface area contributed by atoms with Gasteiger partial charge < -0.3 is 14.6 Å². The Hall–Kier alpha value is -1.24. The predicted molar refractivity (Wildman–Crippen MR) is 101 cm³/mol. The van der Waals surface area contributed by atoms with Gasteiger partial charge in [0.1, 0.15) is 0 Å². The van der Waals surface area contributed by atoms with Crippen molar-refractivity contribution < 1.29 is 14.1 Å². The fourth-order valence-corrected chi connectivity index (χ4v) is 2.84. The van der Waals surface area contributed by atoms with E-state index in [1.807, 2.05) is 45.9 Å². The third-order valence-corrected chi connectivity index (χ3v) is 5.27. The topological polar surface area (TPSA) is 47.6 Å². The summed E-state index contributed by atoms with van der Waals surface area (Å²) in [5, 5.41) is 2.85. The normalized spacial score (nSPS) is 19.4. The Labute approximate surface area is 149 Å². The molecule has 1 saturated heterocycles. The summed E-state index contributed by atoms with van der Waals surface area (Å²) in [5.41, 5.74) is 1.15. The zero-order valence-electron chi connectivity index (χ0n) is 15.3. The van der Waals surface area contributed by atoms with Crippen LogP contribution in [0.5, 0.6) is 0 Å². The van der Waals surface area contributed by atoms with Crippen molar-refractivity contribution in [2.75, 3.05) is 12.8 Å². The van der Waals surface area contributed by atoms with Gasteiger partial charge in [0.05, 0.1) is 11.2 Å². The average Bonchev–Trinajstić information content (AvgIpc) is 2.71. The molecule has 1 aliphatic rings. The van der Waals surface area contributed by atoms with E-state index in [0.29, 0.717) is 6.54 Å². The van der Waals surface area contributed by atoms with E-state index in [-0.39, 0.29) is 5.91 Å². The van der Waals surface area contributed by atoms with Gasteiger partial charge in [-0.1, -0.05) is 18.2 Å². The molecule has 4 nitrogen and oxygen atoms in total. The predicted octanol–water partition coefficient (Wildman–Crippen LogP) is 3.56. The van der Waals surface area contributed by atoms with Gasteiger partial charge in [0.25, 0.3) is 0 Å². The Kier molecular flexibility index (Phi) is 5.84. The number of amides is 1. The Balaban J connectivity index is 2.31. The lowest BCUT2D eigenvalue weighted by Crippen LogP contribution is -2.41. The summed E-state index contributed by atoms with van der Waals surface area (Å²) in [6.45, 7) is 10.0. The van der Waals surface area contributed by atoms with Gasteiger partial charge in [-0.15, -0.1) is 11.8 Å². The Morgan fingerprint density at radius 1 is 1.25 bits per heavy atom. The summed E-state index contributed by atoms with van der Waals surface area (Å²) in [7, 11) is -0.472. The van der Waals surface area contributed by atoms with Crippen molar-refractivity contribution >= 4 is 30.9 Å². The maximum absolute atomic E-state index is 11.3. The van der Waals surface area contributed by atoms with Gasteiger partial charge in [-0.3, -0.25) is 4.79 Å². The first-order valence-corrected chi connectivity index (χ1v) is 9.32. The van der Waals surface area contributed by atoms with Crippen LogP contribution in [-0.2, 0) is 14.1 Å². The number of hydrogen-bond donors (Lipinski definition) is 1. The van der Waals surface area contributed by atoms with E-state index in [4.69, 9.17) is 9.31 Å². The lowest BCUT2D eigenvalue weighted by Gasteiger charge is -2.32. The number of carbonyl (C=O) groups excluding carboxylic acids is 1. The first kappa shape index (κ1) is 19.1. The van der Waals surface area contributed by atoms with E-state index in [1.165, 1.54) is 11.8 Å². The SMILES string of the molecule is CSc1cccc(C=C(CNC(C)=O)B2OC(C)(C)C(C)(C)O2)c1. The molecule has 1 aromatic rings. The maximum atomic E-state index is 11.3. The van der Waals surface area contributed by atoms with Crippen molar-refractivity contribution in [3.05, 3.63) is 35.3 Å². The van der Waals surface area contributed by atoms with Gasteiger partial charge in [0.2, 0.25) is 5.91 Å². The van der Waals surface area contributed by atoms with E-state index in [0.717, 1.165) is 11.0 Å². The van der Waals surface area contributed by atoms with Crippen molar-refractivity contribution in [3.63, 3.8) is 0 Å². The second-order valence-electron chi connectivity index (χ2n) is 6.99. The minimum atomic E-state index is -0.472. The van der Waals surface area contributed by atoms with Crippen LogP contribution in [0.15, 0.2) is 34.6 Å². The molecule has 1 aliphatic heterocycles. The second-order valence-corrected chi connectivity index (χ2v) is 7.87. The molecule has 0 saturated carbocycles. The standard InChI is InChI=1S/C18H26BNO3S/c1-13(21)20-12-15(10-14-8-7-9-16(11-14)24-6)19-22-17(2,3)18(4,5)23-19/h7-11H,12H2,1-6H3,(H,20,21). The molecule has 6 heteroatoms. The third-order valence-electron chi connectivity index (χ3n) is 4.54. The summed E-state index contributed by atoms with van der Waals surface area (Å²) in [6.07, 6.45) is 4.09. The molecule has 24 heavy (non-hydrogen) atoms. The molecule has 0 bridgehead atoms. The molecular formula is C18H26BNO3S. The maximum Gasteiger partial charge on any atom is 0.492 e.